The highest BCUT2D eigenvalue weighted by atomic mass is 35.5. The highest BCUT2D eigenvalue weighted by molar-refractivity contribution is 7.94. The van der Waals surface area contributed by atoms with Crippen molar-refractivity contribution in [3.8, 4) is 0 Å². The first-order valence-corrected chi connectivity index (χ1v) is 10.7. The van der Waals surface area contributed by atoms with Crippen LogP contribution in [0.25, 0.3) is 5.52 Å². The van der Waals surface area contributed by atoms with Gasteiger partial charge in [-0.05, 0) is 44.2 Å². The van der Waals surface area contributed by atoms with E-state index in [1.54, 1.807) is 10.8 Å². The summed E-state index contributed by atoms with van der Waals surface area (Å²) >= 11 is 7.75. The summed E-state index contributed by atoms with van der Waals surface area (Å²) in [6.07, 6.45) is 9.46. The normalized spacial score (nSPS) is 23.2. The zero-order valence-corrected chi connectivity index (χ0v) is 16.6. The lowest BCUT2D eigenvalue weighted by atomic mass is 9.60. The van der Waals surface area contributed by atoms with E-state index in [0.717, 1.165) is 30.0 Å². The molecule has 2 N–H and O–H groups in total. The molecule has 1 aliphatic heterocycles. The van der Waals surface area contributed by atoms with E-state index in [1.807, 2.05) is 6.07 Å². The molecular formula is C18H25ClN6S. The summed E-state index contributed by atoms with van der Waals surface area (Å²) in [4.78, 5) is 6.94. The fourth-order valence-corrected chi connectivity index (χ4v) is 6.31. The van der Waals surface area contributed by atoms with E-state index < -0.39 is 0 Å². The maximum Gasteiger partial charge on any atom is 0.156 e. The molecule has 0 bridgehead atoms. The van der Waals surface area contributed by atoms with Crippen LogP contribution in [0, 0.1) is 12.3 Å². The Hall–Kier alpha value is -1.02. The van der Waals surface area contributed by atoms with Crippen LogP contribution in [0.15, 0.2) is 12.4 Å². The van der Waals surface area contributed by atoms with Crippen LogP contribution in [-0.2, 0) is 0 Å². The average molecular weight is 393 g/mol. The Balaban J connectivity index is 1.27. The van der Waals surface area contributed by atoms with Crippen LogP contribution in [0.5, 0.6) is 0 Å². The van der Waals surface area contributed by atoms with Crippen molar-refractivity contribution >= 4 is 35.1 Å². The number of anilines is 1. The minimum Gasteiger partial charge on any atom is -0.354 e. The lowest BCUT2D eigenvalue weighted by molar-refractivity contribution is 0.00580. The molecule has 3 heterocycles. The molecule has 3 aliphatic rings. The van der Waals surface area contributed by atoms with Crippen molar-refractivity contribution < 1.29 is 0 Å². The molecule has 0 atom stereocenters. The number of hydrogen-bond donors (Lipinski definition) is 1. The van der Waals surface area contributed by atoms with Gasteiger partial charge in [0.05, 0.1) is 0 Å². The molecule has 8 heteroatoms. The lowest BCUT2D eigenvalue weighted by Crippen LogP contribution is -2.67. The summed E-state index contributed by atoms with van der Waals surface area (Å²) in [5.74, 6) is 1.01. The molecule has 6 nitrogen and oxygen atoms in total. The Labute approximate surface area is 163 Å². The van der Waals surface area contributed by atoms with Gasteiger partial charge in [-0.3, -0.25) is 5.14 Å². The molecule has 2 aromatic heterocycles. The predicted molar refractivity (Wildman–Crippen MR) is 106 cm³/mol. The quantitative estimate of drug-likeness (QED) is 0.804. The highest BCUT2D eigenvalue weighted by Gasteiger charge is 2.55. The summed E-state index contributed by atoms with van der Waals surface area (Å²) in [5.41, 5.74) is 2.61. The molecule has 2 aromatic rings. The van der Waals surface area contributed by atoms with Crippen molar-refractivity contribution in [2.75, 3.05) is 18.0 Å². The van der Waals surface area contributed by atoms with Crippen LogP contribution in [0.2, 0.25) is 5.15 Å². The van der Waals surface area contributed by atoms with Gasteiger partial charge in [0.1, 0.15) is 17.0 Å². The fourth-order valence-electron chi connectivity index (χ4n) is 5.31. The minimum absolute atomic E-state index is 0.448. The molecule has 2 saturated carbocycles. The van der Waals surface area contributed by atoms with Gasteiger partial charge in [0.15, 0.2) is 5.82 Å². The molecule has 0 unspecified atom stereocenters. The van der Waals surface area contributed by atoms with E-state index in [1.165, 1.54) is 50.7 Å². The van der Waals surface area contributed by atoms with E-state index in [9.17, 15) is 0 Å². The van der Waals surface area contributed by atoms with Crippen LogP contribution in [0.1, 0.15) is 44.1 Å². The van der Waals surface area contributed by atoms with Gasteiger partial charge in [-0.1, -0.05) is 24.4 Å². The molecule has 1 saturated heterocycles. The number of halogens is 1. The van der Waals surface area contributed by atoms with E-state index in [2.05, 4.69) is 26.2 Å². The molecule has 26 heavy (non-hydrogen) atoms. The van der Waals surface area contributed by atoms with Crippen molar-refractivity contribution in [1.82, 2.24) is 18.9 Å². The average Bonchev–Trinajstić information content (AvgIpc) is 3.18. The van der Waals surface area contributed by atoms with Crippen molar-refractivity contribution in [2.24, 2.45) is 10.6 Å². The van der Waals surface area contributed by atoms with E-state index >= 15 is 0 Å². The summed E-state index contributed by atoms with van der Waals surface area (Å²) in [6.45, 7) is 4.22. The van der Waals surface area contributed by atoms with Gasteiger partial charge in [0.25, 0.3) is 0 Å². The second-order valence-electron chi connectivity index (χ2n) is 8.32. The Bertz CT molecular complexity index is 818. The van der Waals surface area contributed by atoms with Crippen LogP contribution < -0.4 is 10.0 Å². The number of hydrogen-bond acceptors (Lipinski definition) is 6. The molecule has 5 rings (SSSR count). The van der Waals surface area contributed by atoms with Crippen molar-refractivity contribution in [3.63, 3.8) is 0 Å². The number of nitrogens with zero attached hydrogens (tertiary/aromatic N) is 5. The van der Waals surface area contributed by atoms with Gasteiger partial charge in [0.2, 0.25) is 0 Å². The summed E-state index contributed by atoms with van der Waals surface area (Å²) in [5, 5.41) is 10.9. The predicted octanol–water partition coefficient (Wildman–Crippen LogP) is 3.43. The zero-order valence-electron chi connectivity index (χ0n) is 15.1. The SMILES string of the molecule is Cc1cc(Cl)n2ncnc(N3CC4(CC(N(SN)C5CCCC5)C4)C3)c12. The Morgan fingerprint density at radius 3 is 2.69 bits per heavy atom. The Morgan fingerprint density at radius 1 is 1.27 bits per heavy atom. The summed E-state index contributed by atoms with van der Waals surface area (Å²) < 4.78 is 4.29. The van der Waals surface area contributed by atoms with E-state index in [4.69, 9.17) is 16.7 Å². The summed E-state index contributed by atoms with van der Waals surface area (Å²) in [7, 11) is 0. The Morgan fingerprint density at radius 2 is 2.00 bits per heavy atom. The number of aromatic nitrogens is 3. The first kappa shape index (κ1) is 17.1. The lowest BCUT2D eigenvalue weighted by Gasteiger charge is -2.61. The molecule has 0 aromatic carbocycles. The van der Waals surface area contributed by atoms with Gasteiger partial charge in [-0.25, -0.2) is 13.8 Å². The van der Waals surface area contributed by atoms with Crippen LogP contribution >= 0.6 is 23.7 Å². The molecule has 3 fully saturated rings. The second kappa shape index (κ2) is 6.26. The smallest absolute Gasteiger partial charge is 0.156 e. The maximum atomic E-state index is 6.28. The Kier molecular flexibility index (Phi) is 4.12. The zero-order chi connectivity index (χ0) is 17.9. The topological polar surface area (TPSA) is 62.7 Å². The summed E-state index contributed by atoms with van der Waals surface area (Å²) in [6, 6.07) is 3.29. The molecular weight excluding hydrogens is 368 g/mol. The van der Waals surface area contributed by atoms with Gasteiger partial charge in [-0.2, -0.15) is 5.10 Å². The first-order valence-electron chi connectivity index (χ1n) is 9.49. The largest absolute Gasteiger partial charge is 0.354 e. The van der Waals surface area contributed by atoms with Gasteiger partial charge in [-0.15, -0.1) is 0 Å². The fraction of sp³-hybridized carbons (Fsp3) is 0.667. The van der Waals surface area contributed by atoms with Crippen molar-refractivity contribution in [2.45, 2.75) is 57.5 Å². The van der Waals surface area contributed by atoms with Crippen LogP contribution in [0.4, 0.5) is 5.82 Å². The van der Waals surface area contributed by atoms with Crippen LogP contribution in [0.3, 0.4) is 0 Å². The van der Waals surface area contributed by atoms with E-state index in [-0.39, 0.29) is 0 Å². The highest BCUT2D eigenvalue weighted by Crippen LogP contribution is 2.53. The molecule has 140 valence electrons. The number of fused-ring (bicyclic) bond motifs is 1. The minimum atomic E-state index is 0.448. The van der Waals surface area contributed by atoms with Gasteiger partial charge >= 0.3 is 0 Å². The number of aryl methyl sites for hydroxylation is 1. The third kappa shape index (κ3) is 2.55. The third-order valence-corrected chi connectivity index (χ3v) is 7.65. The standard InChI is InChI=1S/C18H25ClN6S/c1-12-6-15(19)24-16(12)17(21-11-22-24)23-9-18(10-23)7-14(8-18)25(26-20)13-4-2-3-5-13/h6,11,13-14H,2-5,7-10,20H2,1H3. The maximum absolute atomic E-state index is 6.28. The molecule has 0 amide bonds. The second-order valence-corrected chi connectivity index (χ2v) is 9.34. The third-order valence-electron chi connectivity index (χ3n) is 6.54. The monoisotopic (exact) mass is 392 g/mol. The van der Waals surface area contributed by atoms with E-state index in [0.29, 0.717) is 22.7 Å². The molecule has 2 aliphatic carbocycles. The molecule has 1 spiro atoms. The van der Waals surface area contributed by atoms with Crippen LogP contribution in [-0.4, -0.2) is 44.1 Å². The first-order chi connectivity index (χ1) is 12.6. The number of nitrogens with two attached hydrogens (primary N) is 1. The van der Waals surface area contributed by atoms with Crippen molar-refractivity contribution in [1.29, 1.82) is 0 Å². The van der Waals surface area contributed by atoms with Gasteiger partial charge < -0.3 is 4.90 Å². The van der Waals surface area contributed by atoms with Crippen molar-refractivity contribution in [3.05, 3.63) is 23.1 Å². The number of rotatable bonds is 4. The van der Waals surface area contributed by atoms with Gasteiger partial charge in [0, 0.05) is 42.7 Å². The molecule has 0 radical (unpaired) electrons.